The number of aryl methyl sites for hydroxylation is 2. The Hall–Kier alpha value is -4.87. The number of nitrogens with zero attached hydrogens (tertiary/aromatic N) is 3. The number of anilines is 1. The predicted molar refractivity (Wildman–Crippen MR) is 161 cm³/mol. The lowest BCUT2D eigenvalue weighted by Gasteiger charge is -2.09. The number of nitrogens with one attached hydrogen (secondary N) is 1. The maximum absolute atomic E-state index is 12.7. The summed E-state index contributed by atoms with van der Waals surface area (Å²) in [6.45, 7) is 4.02. The summed E-state index contributed by atoms with van der Waals surface area (Å²) in [6.07, 6.45) is 1.46. The van der Waals surface area contributed by atoms with Gasteiger partial charge in [0, 0.05) is 23.3 Å². The van der Waals surface area contributed by atoms with E-state index >= 15 is 0 Å². The molecule has 4 aromatic carbocycles. The van der Waals surface area contributed by atoms with E-state index in [9.17, 15) is 18.5 Å². The van der Waals surface area contributed by atoms with Gasteiger partial charge in [-0.25, -0.2) is 4.98 Å². The molecule has 0 aliphatic rings. The molecule has 5 aromatic rings. The van der Waals surface area contributed by atoms with E-state index in [0.29, 0.717) is 10.7 Å². The van der Waals surface area contributed by atoms with E-state index in [1.165, 1.54) is 41.8 Å². The highest BCUT2D eigenvalue weighted by Crippen LogP contribution is 2.40. The van der Waals surface area contributed by atoms with Gasteiger partial charge >= 0.3 is 10.1 Å². The van der Waals surface area contributed by atoms with E-state index < -0.39 is 15.0 Å². The van der Waals surface area contributed by atoms with Crippen LogP contribution in [0.3, 0.4) is 0 Å². The van der Waals surface area contributed by atoms with Crippen molar-refractivity contribution in [3.63, 3.8) is 0 Å². The number of benzene rings is 4. The van der Waals surface area contributed by atoms with Crippen molar-refractivity contribution in [3.05, 3.63) is 124 Å². The second-order valence-electron chi connectivity index (χ2n) is 9.08. The average Bonchev–Trinajstić information content (AvgIpc) is 3.38. The topological polar surface area (TPSA) is 124 Å². The van der Waals surface area contributed by atoms with Gasteiger partial charge in [0.1, 0.15) is 4.90 Å². The third kappa shape index (κ3) is 6.32. The minimum Gasteiger partial charge on any atom is -0.378 e. The lowest BCUT2D eigenvalue weighted by Crippen LogP contribution is -2.10. The van der Waals surface area contributed by atoms with Crippen LogP contribution < -0.4 is 9.61 Å². The van der Waals surface area contributed by atoms with Crippen LogP contribution in [0.4, 0.5) is 10.8 Å². The van der Waals surface area contributed by atoms with Crippen molar-refractivity contribution in [2.45, 2.75) is 18.7 Å². The van der Waals surface area contributed by atoms with Crippen LogP contribution in [0.15, 0.2) is 107 Å². The fourth-order valence-corrected chi connectivity index (χ4v) is 6.04. The summed E-state index contributed by atoms with van der Waals surface area (Å²) in [5.41, 5.74) is 7.99. The second kappa shape index (κ2) is 11.7. The molecule has 0 saturated heterocycles. The van der Waals surface area contributed by atoms with E-state index in [0.717, 1.165) is 32.8 Å². The van der Waals surface area contributed by atoms with Gasteiger partial charge in [0.25, 0.3) is 5.69 Å². The molecule has 11 heteroatoms. The molecule has 1 N–H and O–H groups in total. The normalized spacial score (nSPS) is 11.5. The van der Waals surface area contributed by atoms with Gasteiger partial charge in [-0.05, 0) is 61.4 Å². The third-order valence-corrected chi connectivity index (χ3v) is 8.38. The predicted octanol–water partition coefficient (Wildman–Crippen LogP) is 7.22. The molecule has 0 atom stereocenters. The molecule has 1 aromatic heterocycles. The molecule has 0 saturated carbocycles. The van der Waals surface area contributed by atoms with Gasteiger partial charge in [0.15, 0.2) is 5.75 Å². The van der Waals surface area contributed by atoms with Gasteiger partial charge in [0.2, 0.25) is 5.13 Å². The summed E-state index contributed by atoms with van der Waals surface area (Å²) in [5, 5.41) is 15.9. The van der Waals surface area contributed by atoms with Crippen molar-refractivity contribution >= 4 is 38.5 Å². The summed E-state index contributed by atoms with van der Waals surface area (Å²) in [7, 11) is -4.03. The molecule has 206 valence electrons. The molecule has 0 spiro atoms. The number of hydrogen-bond donors (Lipinski definition) is 1. The highest BCUT2D eigenvalue weighted by atomic mass is 32.2. The number of nitro benzene ring substituents is 1. The van der Waals surface area contributed by atoms with Crippen LogP contribution in [-0.2, 0) is 10.1 Å². The van der Waals surface area contributed by atoms with Gasteiger partial charge in [0.05, 0.1) is 21.7 Å². The van der Waals surface area contributed by atoms with Gasteiger partial charge < -0.3 is 4.18 Å². The minimum atomic E-state index is -4.03. The number of nitro groups is 1. The molecule has 9 nitrogen and oxygen atoms in total. The Morgan fingerprint density at radius 2 is 1.66 bits per heavy atom. The monoisotopic (exact) mass is 584 g/mol. The smallest absolute Gasteiger partial charge is 0.339 e. The van der Waals surface area contributed by atoms with Crippen molar-refractivity contribution in [1.82, 2.24) is 4.98 Å². The maximum Gasteiger partial charge on any atom is 0.339 e. The first-order chi connectivity index (χ1) is 19.7. The lowest BCUT2D eigenvalue weighted by molar-refractivity contribution is -0.384. The van der Waals surface area contributed by atoms with Gasteiger partial charge in [-0.15, -0.1) is 0 Å². The van der Waals surface area contributed by atoms with E-state index in [1.54, 1.807) is 54.6 Å². The summed E-state index contributed by atoms with van der Waals surface area (Å²) in [4.78, 5) is 16.4. The Balaban J connectivity index is 1.45. The number of hydrogen-bond acceptors (Lipinski definition) is 9. The quantitative estimate of drug-likeness (QED) is 0.0840. The molecule has 1 heterocycles. The molecule has 0 unspecified atom stereocenters. The van der Waals surface area contributed by atoms with E-state index in [2.05, 4.69) is 16.6 Å². The highest BCUT2D eigenvalue weighted by Gasteiger charge is 2.19. The third-order valence-electron chi connectivity index (χ3n) is 6.12. The first-order valence-corrected chi connectivity index (χ1v) is 14.6. The number of hydrazone groups is 1. The number of para-hydroxylation sites is 1. The van der Waals surface area contributed by atoms with Crippen molar-refractivity contribution in [1.29, 1.82) is 0 Å². The fourth-order valence-electron chi connectivity index (χ4n) is 4.13. The summed E-state index contributed by atoms with van der Waals surface area (Å²) < 4.78 is 30.9. The van der Waals surface area contributed by atoms with Crippen molar-refractivity contribution < 1.29 is 17.5 Å². The average molecular weight is 585 g/mol. The number of thiazole rings is 1. The first kappa shape index (κ1) is 27.7. The first-order valence-electron chi connectivity index (χ1n) is 12.4. The fraction of sp³-hybridized carbons (Fsp3) is 0.0667. The van der Waals surface area contributed by atoms with Gasteiger partial charge in [-0.3, -0.25) is 15.5 Å². The summed E-state index contributed by atoms with van der Waals surface area (Å²) in [5.74, 6) is 0.128. The Labute approximate surface area is 241 Å². The Morgan fingerprint density at radius 1 is 0.951 bits per heavy atom. The van der Waals surface area contributed by atoms with E-state index in [4.69, 9.17) is 9.17 Å². The molecular weight excluding hydrogens is 560 g/mol. The van der Waals surface area contributed by atoms with Crippen LogP contribution in [0, 0.1) is 24.0 Å². The minimum absolute atomic E-state index is 0.00411. The standard InChI is InChI=1S/C30H24N4O5S2/c1-20-12-17-26(21(2)18-20)28-29(22-13-15-24(16-14-22)34(35)36)40-30(32-28)33-31-19-23-8-6-7-11-27(23)39-41(37,38)25-9-4-3-5-10-25/h3-19H,1-2H3,(H,32,33)/b31-19-. The molecule has 41 heavy (non-hydrogen) atoms. The Bertz CT molecular complexity index is 1850. The van der Waals surface area contributed by atoms with Crippen LogP contribution in [0.25, 0.3) is 21.7 Å². The van der Waals surface area contributed by atoms with Crippen LogP contribution in [0.1, 0.15) is 16.7 Å². The summed E-state index contributed by atoms with van der Waals surface area (Å²) >= 11 is 1.35. The number of non-ortho nitro benzene ring substituents is 1. The molecule has 5 rings (SSSR count). The summed E-state index contributed by atoms with van der Waals surface area (Å²) in [6, 6.07) is 27.0. The van der Waals surface area contributed by atoms with Gasteiger partial charge in [-0.2, -0.15) is 13.5 Å². The van der Waals surface area contributed by atoms with Crippen molar-refractivity contribution in [2.75, 3.05) is 5.43 Å². The highest BCUT2D eigenvalue weighted by molar-refractivity contribution is 7.87. The molecule has 0 bridgehead atoms. The van der Waals surface area contributed by atoms with Crippen LogP contribution in [0.5, 0.6) is 5.75 Å². The Morgan fingerprint density at radius 3 is 2.37 bits per heavy atom. The molecular formula is C30H24N4O5S2. The van der Waals surface area contributed by atoms with Crippen LogP contribution in [-0.4, -0.2) is 24.5 Å². The zero-order valence-electron chi connectivity index (χ0n) is 22.0. The van der Waals surface area contributed by atoms with E-state index in [-0.39, 0.29) is 16.3 Å². The van der Waals surface area contributed by atoms with Crippen LogP contribution in [0.2, 0.25) is 0 Å². The zero-order chi connectivity index (χ0) is 29.0. The molecule has 0 aliphatic heterocycles. The van der Waals surface area contributed by atoms with Crippen molar-refractivity contribution in [3.8, 4) is 27.4 Å². The molecule has 0 fully saturated rings. The Kier molecular flexibility index (Phi) is 7.90. The largest absolute Gasteiger partial charge is 0.378 e. The maximum atomic E-state index is 12.7. The lowest BCUT2D eigenvalue weighted by atomic mass is 10.0. The zero-order valence-corrected chi connectivity index (χ0v) is 23.6. The SMILES string of the molecule is Cc1ccc(-c2nc(N/N=C\c3ccccc3OS(=O)(=O)c3ccccc3)sc2-c2ccc([N+](=O)[O-])cc2)c(C)c1. The number of aromatic nitrogens is 1. The molecule has 0 amide bonds. The molecule has 0 aliphatic carbocycles. The molecule has 0 radical (unpaired) electrons. The second-order valence-corrected chi connectivity index (χ2v) is 11.6. The van der Waals surface area contributed by atoms with Gasteiger partial charge in [-0.1, -0.05) is 65.4 Å². The van der Waals surface area contributed by atoms with Crippen LogP contribution >= 0.6 is 11.3 Å². The van der Waals surface area contributed by atoms with E-state index in [1.807, 2.05) is 26.0 Å². The van der Waals surface area contributed by atoms with Crippen molar-refractivity contribution in [2.24, 2.45) is 5.10 Å². The number of rotatable bonds is 9.